The number of nitrogens with one attached hydrogen (secondary N) is 1. The van der Waals surface area contributed by atoms with E-state index in [1.165, 1.54) is 12.1 Å². The Balaban J connectivity index is 1.92. The van der Waals surface area contributed by atoms with Gasteiger partial charge in [0.1, 0.15) is 19.0 Å². The summed E-state index contributed by atoms with van der Waals surface area (Å²) < 4.78 is 25.4. The lowest BCUT2D eigenvalue weighted by Crippen LogP contribution is -2.16. The average molecular weight is 373 g/mol. The molecule has 0 unspecified atom stereocenters. The number of halogens is 1. The Morgan fingerprint density at radius 1 is 0.786 bits per heavy atom. The molecule has 5 heteroatoms. The first kappa shape index (κ1) is 16.6. The first-order valence-electron chi connectivity index (χ1n) is 9.02. The highest BCUT2D eigenvalue weighted by Crippen LogP contribution is 2.40. The van der Waals surface area contributed by atoms with E-state index in [-0.39, 0.29) is 11.4 Å². The third-order valence-electron chi connectivity index (χ3n) is 4.85. The molecule has 138 valence electrons. The van der Waals surface area contributed by atoms with Crippen molar-refractivity contribution < 1.29 is 13.9 Å². The van der Waals surface area contributed by atoms with Crippen LogP contribution in [0.25, 0.3) is 33.2 Å². The van der Waals surface area contributed by atoms with Gasteiger partial charge in [-0.25, -0.2) is 4.39 Å². The third-order valence-corrected chi connectivity index (χ3v) is 4.85. The zero-order valence-corrected chi connectivity index (χ0v) is 14.9. The van der Waals surface area contributed by atoms with Crippen LogP contribution in [0.4, 0.5) is 4.39 Å². The fourth-order valence-corrected chi connectivity index (χ4v) is 3.66. The van der Waals surface area contributed by atoms with Gasteiger partial charge in [0.05, 0.1) is 11.1 Å². The molecule has 0 saturated carbocycles. The lowest BCUT2D eigenvalue weighted by molar-refractivity contribution is 0.172. The Labute approximate surface area is 160 Å². The number of aromatic nitrogens is 1. The lowest BCUT2D eigenvalue weighted by Gasteiger charge is -2.20. The molecule has 28 heavy (non-hydrogen) atoms. The molecule has 5 rings (SSSR count). The van der Waals surface area contributed by atoms with Crippen molar-refractivity contribution in [2.45, 2.75) is 0 Å². The molecular formula is C23H16FNO3. The van der Waals surface area contributed by atoms with E-state index in [9.17, 15) is 9.18 Å². The van der Waals surface area contributed by atoms with Crippen LogP contribution in [-0.2, 0) is 0 Å². The van der Waals surface area contributed by atoms with Gasteiger partial charge < -0.3 is 14.5 Å². The normalized spacial score (nSPS) is 12.9. The molecule has 1 aliphatic rings. The number of ether oxygens (including phenoxy) is 2. The van der Waals surface area contributed by atoms with Gasteiger partial charge in [0, 0.05) is 17.0 Å². The van der Waals surface area contributed by atoms with E-state index in [0.29, 0.717) is 46.9 Å². The molecule has 0 saturated heterocycles. The number of rotatable bonds is 2. The Morgan fingerprint density at radius 3 is 2.25 bits per heavy atom. The molecule has 2 heterocycles. The number of hydrogen-bond donors (Lipinski definition) is 1. The Bertz CT molecular complexity index is 1250. The monoisotopic (exact) mass is 373 g/mol. The summed E-state index contributed by atoms with van der Waals surface area (Å²) in [7, 11) is 0. The minimum absolute atomic E-state index is 0.241. The number of fused-ring (bicyclic) bond motifs is 2. The van der Waals surface area contributed by atoms with E-state index in [2.05, 4.69) is 4.98 Å². The van der Waals surface area contributed by atoms with Gasteiger partial charge in [-0.05, 0) is 29.3 Å². The van der Waals surface area contributed by atoms with Crippen molar-refractivity contribution in [2.24, 2.45) is 0 Å². The lowest BCUT2D eigenvalue weighted by atomic mass is 9.92. The van der Waals surface area contributed by atoms with Crippen molar-refractivity contribution in [1.29, 1.82) is 0 Å². The second kappa shape index (κ2) is 6.53. The molecule has 3 aromatic carbocycles. The maximum atomic E-state index is 14.0. The Kier molecular flexibility index (Phi) is 3.86. The molecule has 0 amide bonds. The summed E-state index contributed by atoms with van der Waals surface area (Å²) in [6.45, 7) is 0.921. The summed E-state index contributed by atoms with van der Waals surface area (Å²) >= 11 is 0. The minimum Gasteiger partial charge on any atom is -0.486 e. The quantitative estimate of drug-likeness (QED) is 0.551. The molecule has 0 spiro atoms. The number of benzene rings is 3. The van der Waals surface area contributed by atoms with Crippen molar-refractivity contribution in [3.8, 4) is 33.8 Å². The predicted octanol–water partition coefficient (Wildman–Crippen LogP) is 4.77. The van der Waals surface area contributed by atoms with Crippen LogP contribution in [0.2, 0.25) is 0 Å². The third kappa shape index (κ3) is 2.72. The summed E-state index contributed by atoms with van der Waals surface area (Å²) in [4.78, 5) is 16.0. The first-order chi connectivity index (χ1) is 13.7. The van der Waals surface area contributed by atoms with Crippen molar-refractivity contribution in [1.82, 2.24) is 4.98 Å². The average Bonchev–Trinajstić information content (AvgIpc) is 2.72. The smallest absolute Gasteiger partial charge is 0.256 e. The predicted molar refractivity (Wildman–Crippen MR) is 106 cm³/mol. The molecule has 1 aromatic heterocycles. The second-order valence-electron chi connectivity index (χ2n) is 6.62. The SMILES string of the molecule is O=c1[nH]c2cc3c(cc2c(-c2cccc(F)c2)c1-c1ccccc1)OCCO3. The minimum atomic E-state index is -0.359. The molecular weight excluding hydrogens is 357 g/mol. The van der Waals surface area contributed by atoms with Gasteiger partial charge in [0.25, 0.3) is 5.56 Å². The largest absolute Gasteiger partial charge is 0.486 e. The van der Waals surface area contributed by atoms with E-state index in [1.807, 2.05) is 36.4 Å². The molecule has 1 N–H and O–H groups in total. The van der Waals surface area contributed by atoms with E-state index in [0.717, 1.165) is 10.9 Å². The molecule has 0 aliphatic carbocycles. The van der Waals surface area contributed by atoms with Crippen LogP contribution in [0.1, 0.15) is 0 Å². The highest BCUT2D eigenvalue weighted by atomic mass is 19.1. The van der Waals surface area contributed by atoms with E-state index >= 15 is 0 Å². The van der Waals surface area contributed by atoms with Crippen LogP contribution in [-0.4, -0.2) is 18.2 Å². The maximum absolute atomic E-state index is 14.0. The topological polar surface area (TPSA) is 51.3 Å². The summed E-state index contributed by atoms with van der Waals surface area (Å²) in [5.74, 6) is 0.844. The van der Waals surface area contributed by atoms with Gasteiger partial charge >= 0.3 is 0 Å². The van der Waals surface area contributed by atoms with Crippen molar-refractivity contribution in [2.75, 3.05) is 13.2 Å². The van der Waals surface area contributed by atoms with E-state index in [1.54, 1.807) is 18.2 Å². The van der Waals surface area contributed by atoms with Gasteiger partial charge in [0.2, 0.25) is 0 Å². The molecule has 0 fully saturated rings. The number of H-pyrrole nitrogens is 1. The Morgan fingerprint density at radius 2 is 1.50 bits per heavy atom. The molecule has 4 aromatic rings. The standard InChI is InChI=1S/C23H16FNO3/c24-16-8-4-7-15(11-16)21-17-12-19-20(28-10-9-27-19)13-18(17)25-23(26)22(21)14-5-2-1-3-6-14/h1-8,11-13H,9-10H2,(H,25,26). The van der Waals surface area contributed by atoms with Gasteiger partial charge in [-0.3, -0.25) is 4.79 Å². The van der Waals surface area contributed by atoms with Crippen LogP contribution < -0.4 is 15.0 Å². The van der Waals surface area contributed by atoms with Gasteiger partial charge in [0.15, 0.2) is 11.5 Å². The number of hydrogen-bond acceptors (Lipinski definition) is 3. The summed E-state index contributed by atoms with van der Waals surface area (Å²) in [6, 6.07) is 19.3. The van der Waals surface area contributed by atoms with Crippen LogP contribution in [0.15, 0.2) is 71.5 Å². The maximum Gasteiger partial charge on any atom is 0.256 e. The van der Waals surface area contributed by atoms with Crippen LogP contribution in [0.5, 0.6) is 11.5 Å². The van der Waals surface area contributed by atoms with Gasteiger partial charge in [-0.1, -0.05) is 42.5 Å². The summed E-state index contributed by atoms with van der Waals surface area (Å²) in [6.07, 6.45) is 0. The van der Waals surface area contributed by atoms with Gasteiger partial charge in [-0.2, -0.15) is 0 Å². The molecule has 0 bridgehead atoms. The van der Waals surface area contributed by atoms with E-state index in [4.69, 9.17) is 9.47 Å². The van der Waals surface area contributed by atoms with Crippen LogP contribution in [0.3, 0.4) is 0 Å². The summed E-state index contributed by atoms with van der Waals surface area (Å²) in [5.41, 5.74) is 2.94. The van der Waals surface area contributed by atoms with Crippen LogP contribution in [0, 0.1) is 5.82 Å². The zero-order valence-electron chi connectivity index (χ0n) is 14.9. The van der Waals surface area contributed by atoms with Crippen molar-refractivity contribution in [3.05, 3.63) is 82.9 Å². The summed E-state index contributed by atoms with van der Waals surface area (Å²) in [5, 5.41) is 0.772. The Hall–Kier alpha value is -3.60. The molecule has 0 atom stereocenters. The van der Waals surface area contributed by atoms with Crippen molar-refractivity contribution >= 4 is 10.9 Å². The van der Waals surface area contributed by atoms with Gasteiger partial charge in [-0.15, -0.1) is 0 Å². The first-order valence-corrected chi connectivity index (χ1v) is 9.02. The fraction of sp³-hybridized carbons (Fsp3) is 0.0870. The van der Waals surface area contributed by atoms with Crippen LogP contribution >= 0.6 is 0 Å². The second-order valence-corrected chi connectivity index (χ2v) is 6.62. The molecule has 4 nitrogen and oxygen atoms in total. The highest BCUT2D eigenvalue weighted by molar-refractivity contribution is 6.03. The highest BCUT2D eigenvalue weighted by Gasteiger charge is 2.20. The van der Waals surface area contributed by atoms with E-state index < -0.39 is 0 Å². The number of aromatic amines is 1. The zero-order chi connectivity index (χ0) is 19.1. The molecule has 1 aliphatic heterocycles. The van der Waals surface area contributed by atoms with Crippen molar-refractivity contribution in [3.63, 3.8) is 0 Å². The molecule has 0 radical (unpaired) electrons. The number of pyridine rings is 1. The fourth-order valence-electron chi connectivity index (χ4n) is 3.66.